The van der Waals surface area contributed by atoms with E-state index in [0.29, 0.717) is 17.3 Å². The van der Waals surface area contributed by atoms with Gasteiger partial charge in [0, 0.05) is 25.0 Å². The third-order valence-corrected chi connectivity index (χ3v) is 3.80. The van der Waals surface area contributed by atoms with Crippen molar-refractivity contribution in [1.82, 2.24) is 9.97 Å². The minimum atomic E-state index is -0.257. The molecule has 24 heavy (non-hydrogen) atoms. The van der Waals surface area contributed by atoms with Gasteiger partial charge in [-0.1, -0.05) is 23.7 Å². The lowest BCUT2D eigenvalue weighted by Gasteiger charge is -2.08. The first-order chi connectivity index (χ1) is 11.6. The van der Waals surface area contributed by atoms with Gasteiger partial charge in [-0.25, -0.2) is 14.4 Å². The molecular weight excluding hydrogens is 325 g/mol. The number of aliphatic imine (C=N–C) groups is 1. The van der Waals surface area contributed by atoms with Gasteiger partial charge in [-0.3, -0.25) is 4.98 Å². The zero-order chi connectivity index (χ0) is 16.9. The van der Waals surface area contributed by atoms with Crippen LogP contribution in [0.3, 0.4) is 0 Å². The van der Waals surface area contributed by atoms with Gasteiger partial charge in [-0.2, -0.15) is 0 Å². The van der Waals surface area contributed by atoms with Crippen LogP contribution in [-0.4, -0.2) is 15.7 Å². The fourth-order valence-electron chi connectivity index (χ4n) is 2.31. The molecule has 1 aromatic carbocycles. The minimum absolute atomic E-state index is 0.257. The first-order valence-electron chi connectivity index (χ1n) is 7.46. The van der Waals surface area contributed by atoms with Gasteiger partial charge in [-0.15, -0.1) is 0 Å². The highest BCUT2D eigenvalue weighted by Crippen LogP contribution is 2.25. The molecule has 0 saturated heterocycles. The summed E-state index contributed by atoms with van der Waals surface area (Å²) in [6, 6.07) is 12.1. The molecule has 0 atom stereocenters. The number of hydrogen-bond donors (Lipinski definition) is 0. The van der Waals surface area contributed by atoms with Crippen LogP contribution in [0, 0.1) is 12.7 Å². The van der Waals surface area contributed by atoms with Crippen LogP contribution in [0.25, 0.3) is 0 Å². The molecular formula is C19H15ClFN3. The van der Waals surface area contributed by atoms with Crippen molar-refractivity contribution in [2.24, 2.45) is 4.99 Å². The second kappa shape index (κ2) is 7.32. The standard InChI is InChI=1S/C19H15ClFN3/c1-13-10-18(19(20)23-12-13)24-17(15-6-8-22-9-7-15)11-14-2-4-16(21)5-3-14/h2-10,12H,11H2,1H3/b24-17-. The van der Waals surface area contributed by atoms with Crippen molar-refractivity contribution in [3.8, 4) is 0 Å². The summed E-state index contributed by atoms with van der Waals surface area (Å²) in [6.45, 7) is 1.94. The van der Waals surface area contributed by atoms with Gasteiger partial charge in [-0.05, 0) is 53.9 Å². The normalized spacial score (nSPS) is 11.5. The van der Waals surface area contributed by atoms with Crippen molar-refractivity contribution < 1.29 is 4.39 Å². The molecule has 0 fully saturated rings. The van der Waals surface area contributed by atoms with Crippen molar-refractivity contribution in [2.75, 3.05) is 0 Å². The lowest BCUT2D eigenvalue weighted by atomic mass is 10.0. The van der Waals surface area contributed by atoms with Gasteiger partial charge in [0.25, 0.3) is 0 Å². The predicted molar refractivity (Wildman–Crippen MR) is 94.5 cm³/mol. The smallest absolute Gasteiger partial charge is 0.154 e. The Morgan fingerprint density at radius 2 is 1.83 bits per heavy atom. The molecule has 0 spiro atoms. The van der Waals surface area contributed by atoms with Gasteiger partial charge in [0.2, 0.25) is 0 Å². The van der Waals surface area contributed by atoms with E-state index < -0.39 is 0 Å². The number of pyridine rings is 2. The van der Waals surface area contributed by atoms with E-state index in [-0.39, 0.29) is 5.82 Å². The SMILES string of the molecule is Cc1cnc(Cl)c(/N=C(/Cc2ccc(F)cc2)c2ccncc2)c1. The molecule has 0 aliphatic carbocycles. The molecule has 0 N–H and O–H groups in total. The van der Waals surface area contributed by atoms with E-state index in [2.05, 4.69) is 9.97 Å². The zero-order valence-electron chi connectivity index (χ0n) is 13.1. The Kier molecular flexibility index (Phi) is 4.96. The summed E-state index contributed by atoms with van der Waals surface area (Å²) in [4.78, 5) is 12.9. The Morgan fingerprint density at radius 1 is 1.12 bits per heavy atom. The molecule has 0 aliphatic rings. The summed E-state index contributed by atoms with van der Waals surface area (Å²) in [6.07, 6.45) is 5.68. The lowest BCUT2D eigenvalue weighted by molar-refractivity contribution is 0.627. The second-order valence-electron chi connectivity index (χ2n) is 5.42. The fourth-order valence-corrected chi connectivity index (χ4v) is 2.45. The minimum Gasteiger partial charge on any atom is -0.265 e. The molecule has 0 aliphatic heterocycles. The van der Waals surface area contributed by atoms with Crippen LogP contribution in [0.2, 0.25) is 5.15 Å². The van der Waals surface area contributed by atoms with Crippen LogP contribution in [0.4, 0.5) is 10.1 Å². The third kappa shape index (κ3) is 4.03. The van der Waals surface area contributed by atoms with E-state index in [1.54, 1.807) is 30.7 Å². The zero-order valence-corrected chi connectivity index (χ0v) is 13.8. The van der Waals surface area contributed by atoms with Gasteiger partial charge in [0.1, 0.15) is 11.5 Å². The highest BCUT2D eigenvalue weighted by molar-refractivity contribution is 6.32. The van der Waals surface area contributed by atoms with Crippen molar-refractivity contribution in [2.45, 2.75) is 13.3 Å². The van der Waals surface area contributed by atoms with E-state index in [0.717, 1.165) is 22.4 Å². The molecule has 3 rings (SSSR count). The molecule has 0 amide bonds. The van der Waals surface area contributed by atoms with E-state index >= 15 is 0 Å². The third-order valence-electron chi connectivity index (χ3n) is 3.51. The first-order valence-corrected chi connectivity index (χ1v) is 7.84. The van der Waals surface area contributed by atoms with E-state index in [9.17, 15) is 4.39 Å². The molecule has 2 heterocycles. The second-order valence-corrected chi connectivity index (χ2v) is 5.78. The molecule has 0 unspecified atom stereocenters. The maximum atomic E-state index is 13.1. The van der Waals surface area contributed by atoms with Crippen LogP contribution in [0.15, 0.2) is 66.0 Å². The molecule has 120 valence electrons. The van der Waals surface area contributed by atoms with Crippen LogP contribution in [-0.2, 0) is 6.42 Å². The number of hydrogen-bond acceptors (Lipinski definition) is 3. The highest BCUT2D eigenvalue weighted by Gasteiger charge is 2.08. The molecule has 2 aromatic heterocycles. The van der Waals surface area contributed by atoms with Gasteiger partial charge in [0.15, 0.2) is 5.15 Å². The number of halogens is 2. The molecule has 0 radical (unpaired) electrons. The Hall–Kier alpha value is -2.59. The largest absolute Gasteiger partial charge is 0.265 e. The van der Waals surface area contributed by atoms with Crippen molar-refractivity contribution in [3.05, 3.63) is 88.7 Å². The molecule has 3 nitrogen and oxygen atoms in total. The number of benzene rings is 1. The highest BCUT2D eigenvalue weighted by atomic mass is 35.5. The number of rotatable bonds is 4. The molecule has 5 heteroatoms. The summed E-state index contributed by atoms with van der Waals surface area (Å²) in [7, 11) is 0. The quantitative estimate of drug-likeness (QED) is 0.498. The Bertz CT molecular complexity index is 862. The van der Waals surface area contributed by atoms with Crippen LogP contribution >= 0.6 is 11.6 Å². The Balaban J connectivity index is 2.03. The van der Waals surface area contributed by atoms with Crippen molar-refractivity contribution in [3.63, 3.8) is 0 Å². The summed E-state index contributed by atoms with van der Waals surface area (Å²) in [5.41, 5.74) is 4.31. The van der Waals surface area contributed by atoms with Gasteiger partial charge < -0.3 is 0 Å². The molecule has 0 saturated carbocycles. The van der Waals surface area contributed by atoms with Crippen molar-refractivity contribution >= 4 is 23.0 Å². The maximum absolute atomic E-state index is 13.1. The van der Waals surface area contributed by atoms with Crippen molar-refractivity contribution in [1.29, 1.82) is 0 Å². The van der Waals surface area contributed by atoms with E-state index in [1.807, 2.05) is 25.1 Å². The topological polar surface area (TPSA) is 38.1 Å². The summed E-state index contributed by atoms with van der Waals surface area (Å²) >= 11 is 6.17. The number of aryl methyl sites for hydroxylation is 1. The molecule has 3 aromatic rings. The fraction of sp³-hybridized carbons (Fsp3) is 0.105. The summed E-state index contributed by atoms with van der Waals surface area (Å²) < 4.78 is 13.1. The van der Waals surface area contributed by atoms with E-state index in [4.69, 9.17) is 16.6 Å². The first kappa shape index (κ1) is 16.3. The number of nitrogens with zero attached hydrogens (tertiary/aromatic N) is 3. The Labute approximate surface area is 144 Å². The van der Waals surface area contributed by atoms with E-state index in [1.165, 1.54) is 12.1 Å². The van der Waals surface area contributed by atoms with Crippen LogP contribution < -0.4 is 0 Å². The van der Waals surface area contributed by atoms with Crippen LogP contribution in [0.1, 0.15) is 16.7 Å². The average molecular weight is 340 g/mol. The summed E-state index contributed by atoms with van der Waals surface area (Å²) in [5.74, 6) is -0.257. The Morgan fingerprint density at radius 3 is 2.54 bits per heavy atom. The average Bonchev–Trinajstić information content (AvgIpc) is 2.60. The number of aromatic nitrogens is 2. The van der Waals surface area contributed by atoms with Gasteiger partial charge in [0.05, 0.1) is 5.71 Å². The monoisotopic (exact) mass is 339 g/mol. The molecule has 0 bridgehead atoms. The lowest BCUT2D eigenvalue weighted by Crippen LogP contribution is -2.05. The summed E-state index contributed by atoms with van der Waals surface area (Å²) in [5, 5.41) is 0.353. The van der Waals surface area contributed by atoms with Crippen LogP contribution in [0.5, 0.6) is 0 Å². The maximum Gasteiger partial charge on any atom is 0.154 e. The van der Waals surface area contributed by atoms with Gasteiger partial charge >= 0.3 is 0 Å². The predicted octanol–water partition coefficient (Wildman–Crippen LogP) is 4.94.